The summed E-state index contributed by atoms with van der Waals surface area (Å²) in [7, 11) is -6.01. The lowest BCUT2D eigenvalue weighted by atomic mass is 9.93. The number of sulfone groups is 1. The van der Waals surface area contributed by atoms with Crippen LogP contribution in [0.3, 0.4) is 0 Å². The lowest BCUT2D eigenvalue weighted by Gasteiger charge is -2.35. The molecule has 36 heavy (non-hydrogen) atoms. The third-order valence-electron chi connectivity index (χ3n) is 5.73. The molecule has 1 aliphatic heterocycles. The second-order valence-corrected chi connectivity index (χ2v) is 12.7. The molecule has 0 saturated carbocycles. The fourth-order valence-electron chi connectivity index (χ4n) is 3.73. The normalized spacial score (nSPS) is 17.6. The number of carbonyl (C=O) groups excluding carboxylic acids is 1. The maximum Gasteiger partial charge on any atom is 0.258 e. The summed E-state index contributed by atoms with van der Waals surface area (Å²) in [5.74, 6) is -0.397. The van der Waals surface area contributed by atoms with E-state index >= 15 is 4.39 Å². The van der Waals surface area contributed by atoms with E-state index < -0.39 is 37.5 Å². The van der Waals surface area contributed by atoms with E-state index in [4.69, 9.17) is 16.3 Å². The van der Waals surface area contributed by atoms with Crippen molar-refractivity contribution >= 4 is 37.4 Å². The molecule has 2 aromatic rings. The Bertz CT molecular complexity index is 1370. The van der Waals surface area contributed by atoms with Gasteiger partial charge in [0.15, 0.2) is 15.5 Å². The first kappa shape index (κ1) is 28.0. The average Bonchev–Trinajstić information content (AvgIpc) is 2.82. The third-order valence-corrected chi connectivity index (χ3v) is 8.51. The zero-order chi connectivity index (χ0) is 26.7. The molecule has 0 radical (unpaired) electrons. The molecular weight excluding hydrogens is 533 g/mol. The highest BCUT2D eigenvalue weighted by molar-refractivity contribution is 7.93. The van der Waals surface area contributed by atoms with Crippen LogP contribution in [0.5, 0.6) is 5.75 Å². The molecule has 1 atom stereocenters. The monoisotopic (exact) mass is 559 g/mol. The SMILES string of the molecule is COc1cccc(-c2cc(Cl)ncc2S(=O)(=O)N2CCC(F)(C(=O)NC(C)/C=C\S(C)(=O)=O)CC2)c1. The fourth-order valence-corrected chi connectivity index (χ4v) is 5.99. The summed E-state index contributed by atoms with van der Waals surface area (Å²) in [6.07, 6.45) is 2.67. The van der Waals surface area contributed by atoms with Gasteiger partial charge in [0.1, 0.15) is 15.8 Å². The van der Waals surface area contributed by atoms with Gasteiger partial charge in [0, 0.05) is 55.4 Å². The van der Waals surface area contributed by atoms with Crippen LogP contribution < -0.4 is 10.1 Å². The summed E-state index contributed by atoms with van der Waals surface area (Å²) in [6, 6.07) is 7.51. The van der Waals surface area contributed by atoms with Crippen molar-refractivity contribution in [3.8, 4) is 16.9 Å². The number of amides is 1. The summed E-state index contributed by atoms with van der Waals surface area (Å²) in [4.78, 5) is 16.4. The van der Waals surface area contributed by atoms with E-state index in [2.05, 4.69) is 10.3 Å². The van der Waals surface area contributed by atoms with Crippen molar-refractivity contribution in [1.29, 1.82) is 0 Å². The van der Waals surface area contributed by atoms with E-state index in [1.165, 1.54) is 26.2 Å². The van der Waals surface area contributed by atoms with Gasteiger partial charge in [0.25, 0.3) is 5.91 Å². The van der Waals surface area contributed by atoms with Crippen LogP contribution in [0, 0.1) is 0 Å². The molecule has 1 amide bonds. The summed E-state index contributed by atoms with van der Waals surface area (Å²) in [5.41, 5.74) is -1.44. The van der Waals surface area contributed by atoms with Crippen LogP contribution in [-0.4, -0.2) is 70.2 Å². The van der Waals surface area contributed by atoms with Crippen molar-refractivity contribution in [2.24, 2.45) is 0 Å². The molecule has 1 aliphatic rings. The molecule has 0 bridgehead atoms. The highest BCUT2D eigenvalue weighted by Gasteiger charge is 2.45. The predicted octanol–water partition coefficient (Wildman–Crippen LogP) is 2.97. The van der Waals surface area contributed by atoms with E-state index in [-0.39, 0.29) is 36.0 Å². The molecule has 1 N–H and O–H groups in total. The number of nitrogens with one attached hydrogen (secondary N) is 1. The van der Waals surface area contributed by atoms with Crippen molar-refractivity contribution in [2.45, 2.75) is 36.4 Å². The lowest BCUT2D eigenvalue weighted by Crippen LogP contribution is -2.53. The molecule has 1 fully saturated rings. The molecule has 3 rings (SSSR count). The highest BCUT2D eigenvalue weighted by atomic mass is 35.5. The van der Waals surface area contributed by atoms with E-state index in [1.807, 2.05) is 0 Å². The minimum Gasteiger partial charge on any atom is -0.497 e. The van der Waals surface area contributed by atoms with Crippen LogP contribution in [0.2, 0.25) is 5.15 Å². The number of rotatable bonds is 8. The van der Waals surface area contributed by atoms with Gasteiger partial charge in [0.2, 0.25) is 10.0 Å². The lowest BCUT2D eigenvalue weighted by molar-refractivity contribution is -0.135. The molecule has 1 aromatic heterocycles. The number of benzene rings is 1. The van der Waals surface area contributed by atoms with Gasteiger partial charge in [-0.05, 0) is 30.7 Å². The van der Waals surface area contributed by atoms with Crippen LogP contribution in [0.1, 0.15) is 19.8 Å². The summed E-state index contributed by atoms with van der Waals surface area (Å²) in [6.45, 7) is 1.04. The van der Waals surface area contributed by atoms with Crippen molar-refractivity contribution in [2.75, 3.05) is 26.5 Å². The van der Waals surface area contributed by atoms with Crippen LogP contribution in [0.25, 0.3) is 11.1 Å². The molecule has 1 saturated heterocycles. The number of carbonyl (C=O) groups is 1. The van der Waals surface area contributed by atoms with Gasteiger partial charge in [-0.1, -0.05) is 29.8 Å². The molecule has 2 heterocycles. The molecule has 196 valence electrons. The number of sulfonamides is 1. The number of nitrogens with zero attached hydrogens (tertiary/aromatic N) is 2. The number of ether oxygens (including phenoxy) is 1. The maximum absolute atomic E-state index is 15.4. The zero-order valence-electron chi connectivity index (χ0n) is 19.9. The van der Waals surface area contributed by atoms with E-state index in [0.717, 1.165) is 22.2 Å². The highest BCUT2D eigenvalue weighted by Crippen LogP contribution is 2.35. The Morgan fingerprint density at radius 2 is 1.92 bits per heavy atom. The Balaban J connectivity index is 1.80. The second-order valence-electron chi connectivity index (χ2n) is 8.52. The largest absolute Gasteiger partial charge is 0.497 e. The summed E-state index contributed by atoms with van der Waals surface area (Å²) < 4.78 is 71.3. The Morgan fingerprint density at radius 3 is 2.53 bits per heavy atom. The van der Waals surface area contributed by atoms with Crippen molar-refractivity contribution in [3.63, 3.8) is 0 Å². The van der Waals surface area contributed by atoms with Gasteiger partial charge in [0.05, 0.1) is 7.11 Å². The molecule has 13 heteroatoms. The Labute approximate surface area is 215 Å². The Kier molecular flexibility index (Phi) is 8.44. The molecule has 1 unspecified atom stereocenters. The first-order valence-electron chi connectivity index (χ1n) is 10.9. The number of methoxy groups -OCH3 is 1. The predicted molar refractivity (Wildman–Crippen MR) is 135 cm³/mol. The van der Waals surface area contributed by atoms with Crippen LogP contribution in [0.4, 0.5) is 4.39 Å². The van der Waals surface area contributed by atoms with Gasteiger partial charge in [-0.3, -0.25) is 4.79 Å². The second kappa shape index (κ2) is 10.8. The first-order valence-corrected chi connectivity index (χ1v) is 14.7. The van der Waals surface area contributed by atoms with Gasteiger partial charge in [-0.25, -0.2) is 26.2 Å². The van der Waals surface area contributed by atoms with Crippen molar-refractivity contribution in [3.05, 3.63) is 53.2 Å². The van der Waals surface area contributed by atoms with E-state index in [0.29, 0.717) is 16.9 Å². The van der Waals surface area contributed by atoms with Gasteiger partial charge in [-0.15, -0.1) is 0 Å². The first-order chi connectivity index (χ1) is 16.7. The van der Waals surface area contributed by atoms with Crippen LogP contribution in [0.15, 0.2) is 52.9 Å². The maximum atomic E-state index is 15.4. The van der Waals surface area contributed by atoms with Gasteiger partial charge >= 0.3 is 0 Å². The number of hydrogen-bond donors (Lipinski definition) is 1. The van der Waals surface area contributed by atoms with Crippen LogP contribution in [-0.2, 0) is 24.7 Å². The fraction of sp³-hybridized carbons (Fsp3) is 0.391. The minimum atomic E-state index is -4.11. The molecule has 0 spiro atoms. The Hall–Kier alpha value is -2.54. The summed E-state index contributed by atoms with van der Waals surface area (Å²) in [5, 5.41) is 3.46. The summed E-state index contributed by atoms with van der Waals surface area (Å²) >= 11 is 6.05. The zero-order valence-corrected chi connectivity index (χ0v) is 22.3. The van der Waals surface area contributed by atoms with Gasteiger partial charge < -0.3 is 10.1 Å². The van der Waals surface area contributed by atoms with E-state index in [1.54, 1.807) is 24.3 Å². The number of alkyl halides is 1. The average molecular weight is 560 g/mol. The van der Waals surface area contributed by atoms with E-state index in [9.17, 15) is 21.6 Å². The smallest absolute Gasteiger partial charge is 0.258 e. The Morgan fingerprint density at radius 1 is 1.25 bits per heavy atom. The minimum absolute atomic E-state index is 0.101. The molecule has 0 aliphatic carbocycles. The number of halogens is 2. The number of piperidine rings is 1. The van der Waals surface area contributed by atoms with Crippen molar-refractivity contribution in [1.82, 2.24) is 14.6 Å². The third kappa shape index (κ3) is 6.61. The quantitative estimate of drug-likeness (QED) is 0.493. The molecule has 9 nitrogen and oxygen atoms in total. The standard InChI is InChI=1S/C23H27ClFN3O6S2/c1-16(7-12-35(3,30)31)27-22(29)23(25)8-10-28(11-9-23)36(32,33)20-15-26-21(24)14-19(20)17-5-4-6-18(13-17)34-2/h4-7,12-16H,8-11H2,1-3H3,(H,27,29)/b12-7-. The molecule has 1 aromatic carbocycles. The molecular formula is C23H27ClFN3O6S2. The number of aromatic nitrogens is 1. The topological polar surface area (TPSA) is 123 Å². The number of hydrogen-bond acceptors (Lipinski definition) is 7. The van der Waals surface area contributed by atoms with Gasteiger partial charge in [-0.2, -0.15) is 4.31 Å². The number of pyridine rings is 1. The van der Waals surface area contributed by atoms with Crippen molar-refractivity contribution < 1.29 is 30.8 Å². The van der Waals surface area contributed by atoms with Crippen LogP contribution >= 0.6 is 11.6 Å².